The molecule has 0 saturated carbocycles. The Kier molecular flexibility index (Phi) is 3.67. The molecule has 21 heavy (non-hydrogen) atoms. The van der Waals surface area contributed by atoms with Gasteiger partial charge in [-0.15, -0.1) is 0 Å². The number of fused-ring (bicyclic) bond motifs is 1. The number of nitriles is 3. The van der Waals surface area contributed by atoms with Crippen LogP contribution in [-0.2, 0) is 4.74 Å². The van der Waals surface area contributed by atoms with Gasteiger partial charge in [0.2, 0.25) is 5.88 Å². The van der Waals surface area contributed by atoms with Crippen molar-refractivity contribution in [3.05, 3.63) is 22.8 Å². The summed E-state index contributed by atoms with van der Waals surface area (Å²) in [7, 11) is 0. The maximum absolute atomic E-state index is 9.65. The minimum Gasteiger partial charge on any atom is -0.444 e. The second kappa shape index (κ2) is 5.15. The smallest absolute Gasteiger partial charge is 0.206 e. The highest BCUT2D eigenvalue weighted by atomic mass is 16.5. The zero-order valence-electron chi connectivity index (χ0n) is 12.5. The molecule has 0 amide bonds. The molecule has 0 radical (unpaired) electrons. The molecule has 108 valence electrons. The average Bonchev–Trinajstić information content (AvgIpc) is 2.45. The Labute approximate surface area is 124 Å². The molecule has 5 heteroatoms. The van der Waals surface area contributed by atoms with Crippen LogP contribution in [0.2, 0.25) is 0 Å². The van der Waals surface area contributed by atoms with Gasteiger partial charge in [-0.05, 0) is 30.3 Å². The van der Waals surface area contributed by atoms with E-state index >= 15 is 0 Å². The molecule has 1 aliphatic heterocycles. The summed E-state index contributed by atoms with van der Waals surface area (Å²) < 4.78 is 5.71. The van der Waals surface area contributed by atoms with Crippen LogP contribution < -0.4 is 5.73 Å². The molecule has 0 saturated heterocycles. The Morgan fingerprint density at radius 3 is 2.38 bits per heavy atom. The topological polar surface area (TPSA) is 107 Å². The van der Waals surface area contributed by atoms with Crippen molar-refractivity contribution in [3.8, 4) is 18.2 Å². The highest BCUT2D eigenvalue weighted by Gasteiger charge is 2.55. The molecule has 5 nitrogen and oxygen atoms in total. The van der Waals surface area contributed by atoms with E-state index in [1.807, 2.05) is 13.0 Å². The number of nitrogens with two attached hydrogens (primary N) is 1. The molecule has 2 aliphatic rings. The molecule has 0 spiro atoms. The predicted molar refractivity (Wildman–Crippen MR) is 75.3 cm³/mol. The number of hydrogen-bond acceptors (Lipinski definition) is 5. The van der Waals surface area contributed by atoms with E-state index in [0.717, 1.165) is 18.4 Å². The maximum Gasteiger partial charge on any atom is 0.206 e. The van der Waals surface area contributed by atoms with Crippen LogP contribution in [-0.4, -0.2) is 0 Å². The maximum atomic E-state index is 9.65. The Hall–Kier alpha value is -2.45. The lowest BCUT2D eigenvalue weighted by molar-refractivity contribution is 0.118. The fourth-order valence-electron chi connectivity index (χ4n) is 3.40. The second-order valence-electron chi connectivity index (χ2n) is 6.02. The van der Waals surface area contributed by atoms with Crippen molar-refractivity contribution in [3.63, 3.8) is 0 Å². The summed E-state index contributed by atoms with van der Waals surface area (Å²) in [5, 5.41) is 28.6. The van der Waals surface area contributed by atoms with Crippen molar-refractivity contribution in [1.29, 1.82) is 15.8 Å². The molecular formula is C16H18N4O. The van der Waals surface area contributed by atoms with Crippen molar-refractivity contribution in [2.75, 3.05) is 0 Å². The van der Waals surface area contributed by atoms with E-state index in [2.05, 4.69) is 26.0 Å². The molecule has 1 aliphatic carbocycles. The van der Waals surface area contributed by atoms with Gasteiger partial charge in [-0.3, -0.25) is 0 Å². The van der Waals surface area contributed by atoms with Gasteiger partial charge >= 0.3 is 0 Å². The highest BCUT2D eigenvalue weighted by molar-refractivity contribution is 5.49. The second-order valence-corrected chi connectivity index (χ2v) is 6.02. The lowest BCUT2D eigenvalue weighted by atomic mass is 9.61. The average molecular weight is 282 g/mol. The largest absolute Gasteiger partial charge is 0.444 e. The van der Waals surface area contributed by atoms with Crippen molar-refractivity contribution in [2.24, 2.45) is 28.9 Å². The van der Waals surface area contributed by atoms with Crippen LogP contribution in [0.3, 0.4) is 0 Å². The number of nitrogens with zero attached hydrogens (tertiary/aromatic N) is 3. The minimum absolute atomic E-state index is 0.0573. The summed E-state index contributed by atoms with van der Waals surface area (Å²) in [4.78, 5) is 0. The van der Waals surface area contributed by atoms with E-state index in [0.29, 0.717) is 5.76 Å². The molecule has 1 heterocycles. The fraction of sp³-hybridized carbons (Fsp3) is 0.562. The summed E-state index contributed by atoms with van der Waals surface area (Å²) in [5.41, 5.74) is 5.31. The predicted octanol–water partition coefficient (Wildman–Crippen LogP) is 2.70. The van der Waals surface area contributed by atoms with Crippen LogP contribution in [0.25, 0.3) is 0 Å². The Bertz CT molecular complexity index is 637. The monoisotopic (exact) mass is 282 g/mol. The summed E-state index contributed by atoms with van der Waals surface area (Å²) in [6.45, 7) is 6.10. The van der Waals surface area contributed by atoms with Gasteiger partial charge in [-0.25, -0.2) is 0 Å². The molecule has 0 aromatic rings. The molecule has 2 rings (SSSR count). The van der Waals surface area contributed by atoms with Crippen molar-refractivity contribution in [1.82, 2.24) is 0 Å². The summed E-state index contributed by atoms with van der Waals surface area (Å²) in [6, 6.07) is 6.01. The van der Waals surface area contributed by atoms with Crippen LogP contribution >= 0.6 is 0 Å². The van der Waals surface area contributed by atoms with Gasteiger partial charge in [0.15, 0.2) is 5.41 Å². The van der Waals surface area contributed by atoms with Gasteiger partial charge in [0, 0.05) is 0 Å². The van der Waals surface area contributed by atoms with Crippen molar-refractivity contribution in [2.45, 2.75) is 33.6 Å². The summed E-state index contributed by atoms with van der Waals surface area (Å²) in [5.74, 6) is 0.419. The molecule has 2 unspecified atom stereocenters. The molecule has 2 N–H and O–H groups in total. The number of allylic oxidation sites excluding steroid dienone is 3. The van der Waals surface area contributed by atoms with E-state index in [-0.39, 0.29) is 23.3 Å². The highest BCUT2D eigenvalue weighted by Crippen LogP contribution is 2.53. The van der Waals surface area contributed by atoms with Crippen molar-refractivity contribution < 1.29 is 4.74 Å². The molecule has 0 aromatic heterocycles. The Morgan fingerprint density at radius 1 is 1.29 bits per heavy atom. The Morgan fingerprint density at radius 2 is 1.90 bits per heavy atom. The molecule has 2 atom stereocenters. The molecule has 0 fully saturated rings. The van der Waals surface area contributed by atoms with Crippen LogP contribution in [0.4, 0.5) is 0 Å². The first-order valence-electron chi connectivity index (χ1n) is 7.06. The normalized spacial score (nSPS) is 27.3. The first-order chi connectivity index (χ1) is 9.92. The first kappa shape index (κ1) is 14.9. The van der Waals surface area contributed by atoms with Gasteiger partial charge in [-0.1, -0.05) is 20.8 Å². The van der Waals surface area contributed by atoms with Crippen molar-refractivity contribution >= 4 is 0 Å². The first-order valence-corrected chi connectivity index (χ1v) is 7.06. The van der Waals surface area contributed by atoms with E-state index in [1.165, 1.54) is 0 Å². The quantitative estimate of drug-likeness (QED) is 0.795. The van der Waals surface area contributed by atoms with E-state index in [9.17, 15) is 15.8 Å². The SMILES string of the molecule is CC(C)C1=C2OC(N)=C(C#N)C(C#N)(C#N)C2C(C)CC1. The van der Waals surface area contributed by atoms with Crippen LogP contribution in [0.15, 0.2) is 22.8 Å². The fourth-order valence-corrected chi connectivity index (χ4v) is 3.40. The van der Waals surface area contributed by atoms with Gasteiger partial charge in [0.05, 0.1) is 18.1 Å². The lowest BCUT2D eigenvalue weighted by Crippen LogP contribution is -2.43. The van der Waals surface area contributed by atoms with Gasteiger partial charge < -0.3 is 10.5 Å². The van der Waals surface area contributed by atoms with E-state index in [1.54, 1.807) is 0 Å². The van der Waals surface area contributed by atoms with Crippen LogP contribution in [0.1, 0.15) is 33.6 Å². The zero-order chi connectivity index (χ0) is 15.8. The molecule has 0 bridgehead atoms. The number of hydrogen-bond donors (Lipinski definition) is 1. The standard InChI is InChI=1S/C16H18N4O/c1-9(2)11-5-4-10(3)13-14(11)21-15(20)12(6-17)16(13,7-18)8-19/h9-10,13H,4-5,20H2,1-3H3. The third-order valence-corrected chi connectivity index (χ3v) is 4.53. The van der Waals surface area contributed by atoms with E-state index < -0.39 is 11.3 Å². The van der Waals surface area contributed by atoms with Gasteiger partial charge in [0.1, 0.15) is 17.4 Å². The summed E-state index contributed by atoms with van der Waals surface area (Å²) >= 11 is 0. The molecular weight excluding hydrogens is 264 g/mol. The summed E-state index contributed by atoms with van der Waals surface area (Å²) in [6.07, 6.45) is 1.74. The molecule has 0 aromatic carbocycles. The number of ether oxygens (including phenoxy) is 1. The van der Waals surface area contributed by atoms with Crippen LogP contribution in [0, 0.1) is 57.2 Å². The Balaban J connectivity index is 2.79. The van der Waals surface area contributed by atoms with Crippen LogP contribution in [0.5, 0.6) is 0 Å². The third kappa shape index (κ3) is 1.96. The lowest BCUT2D eigenvalue weighted by Gasteiger charge is -2.43. The minimum atomic E-state index is -1.55. The third-order valence-electron chi connectivity index (χ3n) is 4.53. The van der Waals surface area contributed by atoms with Gasteiger partial charge in [-0.2, -0.15) is 15.8 Å². The zero-order valence-corrected chi connectivity index (χ0v) is 12.5. The van der Waals surface area contributed by atoms with Gasteiger partial charge in [0.25, 0.3) is 0 Å². The number of rotatable bonds is 1. The van der Waals surface area contributed by atoms with E-state index in [4.69, 9.17) is 10.5 Å².